The van der Waals surface area contributed by atoms with Gasteiger partial charge in [-0.15, -0.1) is 0 Å². The third-order valence-electron chi connectivity index (χ3n) is 7.81. The molecule has 5 rings (SSSR count). The molecule has 252 valence electrons. The van der Waals surface area contributed by atoms with Crippen LogP contribution in [0.4, 0.5) is 56.9 Å². The zero-order valence-corrected chi connectivity index (χ0v) is 26.5. The van der Waals surface area contributed by atoms with E-state index >= 15 is 0 Å². The Kier molecular flexibility index (Phi) is 10.4. The first kappa shape index (κ1) is 34.1. The van der Waals surface area contributed by atoms with E-state index in [-0.39, 0.29) is 11.6 Å². The fourth-order valence-electron chi connectivity index (χ4n) is 5.13. The number of benzene rings is 3. The van der Waals surface area contributed by atoms with Crippen molar-refractivity contribution in [3.05, 3.63) is 95.4 Å². The summed E-state index contributed by atoms with van der Waals surface area (Å²) in [5.74, 6) is -0.443. The molecule has 0 radical (unpaired) electrons. The number of hydrogen-bond acceptors (Lipinski definition) is 8. The van der Waals surface area contributed by atoms with Crippen molar-refractivity contribution in [2.45, 2.75) is 12.7 Å². The van der Waals surface area contributed by atoms with Gasteiger partial charge in [-0.1, -0.05) is 6.07 Å². The van der Waals surface area contributed by atoms with Gasteiger partial charge in [0, 0.05) is 81.3 Å². The molecule has 1 saturated heterocycles. The molecule has 0 atom stereocenters. The number of halogens is 4. The van der Waals surface area contributed by atoms with Gasteiger partial charge >= 0.3 is 12.2 Å². The summed E-state index contributed by atoms with van der Waals surface area (Å²) in [6, 6.07) is 14.9. The maximum Gasteiger partial charge on any atom is 0.416 e. The zero-order valence-electron chi connectivity index (χ0n) is 26.5. The van der Waals surface area contributed by atoms with Crippen LogP contribution in [0.25, 0.3) is 0 Å². The molecule has 1 fully saturated rings. The Balaban J connectivity index is 1.23. The Bertz CT molecular complexity index is 1760. The quantitative estimate of drug-likeness (QED) is 0.164. The minimum absolute atomic E-state index is 0.183. The van der Waals surface area contributed by atoms with E-state index in [0.29, 0.717) is 53.1 Å². The Morgan fingerprint density at radius 2 is 1.58 bits per heavy atom. The molecule has 0 bridgehead atoms. The number of alkyl halides is 3. The fourth-order valence-corrected chi connectivity index (χ4v) is 5.13. The maximum absolute atomic E-state index is 13.7. The van der Waals surface area contributed by atoms with Crippen LogP contribution in [0.3, 0.4) is 0 Å². The predicted molar refractivity (Wildman–Crippen MR) is 176 cm³/mol. The van der Waals surface area contributed by atoms with Gasteiger partial charge in [-0.2, -0.15) is 18.2 Å². The Morgan fingerprint density at radius 1 is 0.896 bits per heavy atom. The van der Waals surface area contributed by atoms with Crippen LogP contribution in [0.5, 0.6) is 0 Å². The second kappa shape index (κ2) is 14.6. The van der Waals surface area contributed by atoms with Crippen molar-refractivity contribution in [2.75, 3.05) is 68.2 Å². The van der Waals surface area contributed by atoms with Crippen LogP contribution in [0.2, 0.25) is 0 Å². The van der Waals surface area contributed by atoms with Crippen molar-refractivity contribution in [3.63, 3.8) is 0 Å². The summed E-state index contributed by atoms with van der Waals surface area (Å²) in [6.07, 6.45) is -3.16. The highest BCUT2D eigenvalue weighted by Crippen LogP contribution is 2.32. The van der Waals surface area contributed by atoms with Crippen LogP contribution in [0.15, 0.2) is 72.9 Å². The van der Waals surface area contributed by atoms with Gasteiger partial charge in [-0.3, -0.25) is 9.69 Å². The average molecular weight is 666 g/mol. The minimum Gasteiger partial charge on any atom is -0.355 e. The molecule has 0 spiro atoms. The molecule has 0 saturated carbocycles. The topological polar surface area (TPSA) is 118 Å². The number of likely N-dealkylation sites (N-methyl/N-ethyl adjacent to an activating group) is 1. The number of aromatic nitrogens is 2. The summed E-state index contributed by atoms with van der Waals surface area (Å²) >= 11 is 0. The second-order valence-electron chi connectivity index (χ2n) is 11.3. The molecule has 11 nitrogen and oxygen atoms in total. The van der Waals surface area contributed by atoms with E-state index in [1.807, 2.05) is 12.1 Å². The average Bonchev–Trinajstić information content (AvgIpc) is 3.05. The van der Waals surface area contributed by atoms with E-state index in [9.17, 15) is 27.2 Å². The molecule has 0 aliphatic carbocycles. The normalized spacial score (nSPS) is 13.9. The highest BCUT2D eigenvalue weighted by Gasteiger charge is 2.31. The molecule has 48 heavy (non-hydrogen) atoms. The second-order valence-corrected chi connectivity index (χ2v) is 11.3. The number of rotatable bonds is 9. The molecule has 4 N–H and O–H groups in total. The fraction of sp³-hybridized carbons (Fsp3) is 0.273. The van der Waals surface area contributed by atoms with Crippen molar-refractivity contribution >= 4 is 46.5 Å². The van der Waals surface area contributed by atoms with Gasteiger partial charge in [-0.25, -0.2) is 14.2 Å². The molecular weight excluding hydrogens is 630 g/mol. The standard InChI is InChI=1S/C33H35F4N9O2/c1-38-30(47)28-19-25(5-4-21(28)20-46-14-12-44(2)13-15-46)40-31-39-11-10-29(43-31)45(3)27-8-6-24(7-9-27)41-32(48)42-26-17-22(33(35,36)37)16-23(34)18-26/h4-11,16-19H,12-15,20H2,1-3H3,(H,38,47)(H,39,40,43)(H2,41,42,48). The van der Waals surface area contributed by atoms with Gasteiger partial charge < -0.3 is 31.1 Å². The minimum atomic E-state index is -4.76. The molecule has 15 heteroatoms. The number of piperazine rings is 1. The Morgan fingerprint density at radius 3 is 2.27 bits per heavy atom. The van der Waals surface area contributed by atoms with Gasteiger partial charge in [0.1, 0.15) is 11.6 Å². The van der Waals surface area contributed by atoms with Crippen LogP contribution < -0.4 is 26.2 Å². The van der Waals surface area contributed by atoms with E-state index in [0.717, 1.165) is 37.8 Å². The summed E-state index contributed by atoms with van der Waals surface area (Å²) in [4.78, 5) is 40.5. The lowest BCUT2D eigenvalue weighted by atomic mass is 10.0. The number of carbonyl (C=O) groups excluding carboxylic acids is 2. The predicted octanol–water partition coefficient (Wildman–Crippen LogP) is 5.90. The first-order valence-electron chi connectivity index (χ1n) is 15.0. The Labute approximate surface area is 275 Å². The van der Waals surface area contributed by atoms with Gasteiger partial charge in [0.2, 0.25) is 5.95 Å². The number of urea groups is 1. The lowest BCUT2D eigenvalue weighted by Crippen LogP contribution is -2.44. The largest absolute Gasteiger partial charge is 0.416 e. The van der Waals surface area contributed by atoms with Crippen LogP contribution in [-0.4, -0.2) is 79.0 Å². The van der Waals surface area contributed by atoms with Gasteiger partial charge in [0.15, 0.2) is 0 Å². The number of nitrogens with zero attached hydrogens (tertiary/aromatic N) is 5. The van der Waals surface area contributed by atoms with E-state index in [1.54, 1.807) is 61.6 Å². The number of nitrogens with one attached hydrogen (secondary N) is 4. The smallest absolute Gasteiger partial charge is 0.355 e. The van der Waals surface area contributed by atoms with E-state index in [2.05, 4.69) is 48.1 Å². The van der Waals surface area contributed by atoms with E-state index in [1.165, 1.54) is 0 Å². The molecule has 2 heterocycles. The van der Waals surface area contributed by atoms with Crippen molar-refractivity contribution in [1.29, 1.82) is 0 Å². The third kappa shape index (κ3) is 8.74. The SMILES string of the molecule is CNC(=O)c1cc(Nc2nccc(N(C)c3ccc(NC(=O)Nc4cc(F)cc(C(F)(F)F)c4)cc3)n2)ccc1CN1CCN(C)CC1. The monoisotopic (exact) mass is 665 g/mol. The summed E-state index contributed by atoms with van der Waals surface area (Å²) in [5.41, 5.74) is 1.66. The zero-order chi connectivity index (χ0) is 34.4. The molecule has 1 aromatic heterocycles. The third-order valence-corrected chi connectivity index (χ3v) is 7.81. The van der Waals surface area contributed by atoms with Gasteiger partial charge in [0.25, 0.3) is 5.91 Å². The van der Waals surface area contributed by atoms with Crippen molar-refractivity contribution in [2.24, 2.45) is 0 Å². The van der Waals surface area contributed by atoms with E-state index < -0.39 is 23.6 Å². The number of carbonyl (C=O) groups is 2. The van der Waals surface area contributed by atoms with Gasteiger partial charge in [-0.05, 0) is 73.3 Å². The molecular formula is C33H35F4N9O2. The van der Waals surface area contributed by atoms with Crippen LogP contribution in [-0.2, 0) is 12.7 Å². The first-order chi connectivity index (χ1) is 22.9. The lowest BCUT2D eigenvalue weighted by Gasteiger charge is -2.32. The number of anilines is 6. The molecule has 3 amide bonds. The number of amides is 3. The van der Waals surface area contributed by atoms with Crippen molar-refractivity contribution in [3.8, 4) is 0 Å². The first-order valence-corrected chi connectivity index (χ1v) is 15.0. The van der Waals surface area contributed by atoms with Crippen LogP contribution >= 0.6 is 0 Å². The van der Waals surface area contributed by atoms with Crippen molar-refractivity contribution < 1.29 is 27.2 Å². The Hall–Kier alpha value is -5.28. The molecule has 3 aromatic carbocycles. The summed E-state index contributed by atoms with van der Waals surface area (Å²) < 4.78 is 52.7. The van der Waals surface area contributed by atoms with Crippen LogP contribution in [0.1, 0.15) is 21.5 Å². The van der Waals surface area contributed by atoms with Crippen LogP contribution in [0, 0.1) is 5.82 Å². The maximum atomic E-state index is 13.7. The molecule has 4 aromatic rings. The summed E-state index contributed by atoms with van der Waals surface area (Å²) in [7, 11) is 5.49. The lowest BCUT2D eigenvalue weighted by molar-refractivity contribution is -0.137. The molecule has 0 unspecified atom stereocenters. The highest BCUT2D eigenvalue weighted by atomic mass is 19.4. The summed E-state index contributed by atoms with van der Waals surface area (Å²) in [5, 5.41) is 10.6. The van der Waals surface area contributed by atoms with Gasteiger partial charge in [0.05, 0.1) is 5.56 Å². The molecule has 1 aliphatic rings. The highest BCUT2D eigenvalue weighted by molar-refractivity contribution is 6.00. The summed E-state index contributed by atoms with van der Waals surface area (Å²) in [6.45, 7) is 4.48. The van der Waals surface area contributed by atoms with Crippen molar-refractivity contribution in [1.82, 2.24) is 25.1 Å². The van der Waals surface area contributed by atoms with E-state index in [4.69, 9.17) is 0 Å². The molecule has 1 aliphatic heterocycles. The number of hydrogen-bond donors (Lipinski definition) is 4.